The Morgan fingerprint density at radius 3 is 2.54 bits per heavy atom. The van der Waals surface area contributed by atoms with E-state index in [9.17, 15) is 4.79 Å². The molecule has 0 saturated carbocycles. The van der Waals surface area contributed by atoms with Crippen molar-refractivity contribution in [2.75, 3.05) is 27.0 Å². The average molecular weight is 507 g/mol. The normalized spacial score (nSPS) is 15.0. The molecule has 1 aliphatic heterocycles. The molecular formula is C27H34N6O4. The zero-order valence-electron chi connectivity index (χ0n) is 22.3. The lowest BCUT2D eigenvalue weighted by Gasteiger charge is -2.33. The molecule has 0 unspecified atom stereocenters. The molecule has 0 spiro atoms. The fraction of sp³-hybridized carbons (Fsp3) is 0.481. The first-order valence-corrected chi connectivity index (χ1v) is 12.6. The molecule has 10 nitrogen and oxygen atoms in total. The summed E-state index contributed by atoms with van der Waals surface area (Å²) in [5, 5.41) is 10.4. The molecule has 3 aromatic heterocycles. The van der Waals surface area contributed by atoms with Crippen molar-refractivity contribution < 1.29 is 19.0 Å². The van der Waals surface area contributed by atoms with E-state index in [1.807, 2.05) is 64.0 Å². The van der Waals surface area contributed by atoms with Gasteiger partial charge >= 0.3 is 6.09 Å². The molecule has 196 valence electrons. The van der Waals surface area contributed by atoms with Crippen LogP contribution in [0.2, 0.25) is 0 Å². The molecule has 1 aliphatic rings. The molecule has 0 aliphatic carbocycles. The van der Waals surface area contributed by atoms with Crippen LogP contribution in [0.15, 0.2) is 30.6 Å². The number of aryl methyl sites for hydroxylation is 2. The number of methoxy groups -OCH3 is 1. The third kappa shape index (κ3) is 5.24. The third-order valence-corrected chi connectivity index (χ3v) is 6.50. The minimum Gasteiger partial charge on any atom is -0.467 e. The van der Waals surface area contributed by atoms with Crippen LogP contribution in [-0.4, -0.2) is 68.1 Å². The molecule has 4 aromatic rings. The Labute approximate surface area is 216 Å². The summed E-state index contributed by atoms with van der Waals surface area (Å²) in [7, 11) is 3.50. The van der Waals surface area contributed by atoms with Gasteiger partial charge < -0.3 is 19.1 Å². The molecule has 37 heavy (non-hydrogen) atoms. The van der Waals surface area contributed by atoms with Gasteiger partial charge in [-0.2, -0.15) is 10.2 Å². The Kier molecular flexibility index (Phi) is 6.53. The molecule has 5 rings (SSSR count). The summed E-state index contributed by atoms with van der Waals surface area (Å²) in [6.45, 7) is 9.12. The minimum atomic E-state index is -0.495. The van der Waals surface area contributed by atoms with E-state index < -0.39 is 5.60 Å². The van der Waals surface area contributed by atoms with Crippen LogP contribution in [0.25, 0.3) is 33.2 Å². The Balaban J connectivity index is 1.42. The number of piperidine rings is 1. The Hall–Kier alpha value is -3.66. The second-order valence-corrected chi connectivity index (χ2v) is 10.6. The first-order valence-electron chi connectivity index (χ1n) is 12.6. The highest BCUT2D eigenvalue weighted by Crippen LogP contribution is 2.35. The highest BCUT2D eigenvalue weighted by molar-refractivity contribution is 5.89. The lowest BCUT2D eigenvalue weighted by atomic mass is 10.1. The average Bonchev–Trinajstić information content (AvgIpc) is 3.43. The van der Waals surface area contributed by atoms with E-state index in [2.05, 4.69) is 11.2 Å². The summed E-state index contributed by atoms with van der Waals surface area (Å²) in [5.41, 5.74) is 4.77. The van der Waals surface area contributed by atoms with Crippen molar-refractivity contribution in [3.05, 3.63) is 36.2 Å². The highest BCUT2D eigenvalue weighted by atomic mass is 16.7. The van der Waals surface area contributed by atoms with E-state index in [0.717, 1.165) is 51.6 Å². The zero-order valence-corrected chi connectivity index (χ0v) is 22.3. The maximum absolute atomic E-state index is 12.4. The molecule has 0 N–H and O–H groups in total. The van der Waals surface area contributed by atoms with Crippen LogP contribution < -0.4 is 4.74 Å². The Morgan fingerprint density at radius 1 is 1.08 bits per heavy atom. The summed E-state index contributed by atoms with van der Waals surface area (Å²) in [6.07, 6.45) is 5.36. The van der Waals surface area contributed by atoms with Crippen molar-refractivity contribution in [2.24, 2.45) is 7.05 Å². The quantitative estimate of drug-likeness (QED) is 0.357. The molecule has 4 heterocycles. The van der Waals surface area contributed by atoms with Gasteiger partial charge in [0.05, 0.1) is 23.4 Å². The molecule has 0 bridgehead atoms. The topological polar surface area (TPSA) is 96.5 Å². The second kappa shape index (κ2) is 9.66. The number of aromatic nitrogens is 5. The van der Waals surface area contributed by atoms with Gasteiger partial charge in [-0.25, -0.2) is 9.78 Å². The Bertz CT molecular complexity index is 1440. The van der Waals surface area contributed by atoms with Gasteiger partial charge in [-0.05, 0) is 58.2 Å². The number of hydrogen-bond acceptors (Lipinski definition) is 7. The van der Waals surface area contributed by atoms with E-state index >= 15 is 0 Å². The van der Waals surface area contributed by atoms with Crippen molar-refractivity contribution in [3.63, 3.8) is 0 Å². The first kappa shape index (κ1) is 25.0. The molecule has 1 aromatic carbocycles. The van der Waals surface area contributed by atoms with Crippen LogP contribution in [0, 0.1) is 6.92 Å². The van der Waals surface area contributed by atoms with Gasteiger partial charge in [0.25, 0.3) is 0 Å². The number of likely N-dealkylation sites (tertiary alicyclic amines) is 1. The minimum absolute atomic E-state index is 0.131. The van der Waals surface area contributed by atoms with Gasteiger partial charge in [-0.1, -0.05) is 0 Å². The van der Waals surface area contributed by atoms with Crippen molar-refractivity contribution in [1.82, 2.24) is 29.4 Å². The second-order valence-electron chi connectivity index (χ2n) is 10.6. The largest absolute Gasteiger partial charge is 0.467 e. The first-order chi connectivity index (χ1) is 17.6. The number of rotatable bonds is 5. The number of nitrogens with zero attached hydrogens (tertiary/aromatic N) is 6. The fourth-order valence-corrected chi connectivity index (χ4v) is 4.76. The molecule has 1 fully saturated rings. The van der Waals surface area contributed by atoms with Crippen LogP contribution >= 0.6 is 0 Å². The fourth-order valence-electron chi connectivity index (χ4n) is 4.76. The summed E-state index contributed by atoms with van der Waals surface area (Å²) < 4.78 is 20.4. The maximum atomic E-state index is 12.4. The predicted molar refractivity (Wildman–Crippen MR) is 141 cm³/mol. The van der Waals surface area contributed by atoms with E-state index in [1.165, 1.54) is 0 Å². The van der Waals surface area contributed by atoms with Crippen LogP contribution in [0.1, 0.15) is 45.2 Å². The zero-order chi connectivity index (χ0) is 26.3. The third-order valence-electron chi connectivity index (χ3n) is 6.50. The van der Waals surface area contributed by atoms with Gasteiger partial charge in [0.15, 0.2) is 6.79 Å². The van der Waals surface area contributed by atoms with E-state index in [-0.39, 0.29) is 18.9 Å². The SMILES string of the molecule is COCOc1cc2nn(C)cc2cc1-c1cc(C)c2nn(C3CCN(C(=O)OC(C)(C)C)CC3)cc2n1. The molecular weight excluding hydrogens is 472 g/mol. The predicted octanol–water partition coefficient (Wildman–Crippen LogP) is 4.85. The molecule has 0 radical (unpaired) electrons. The number of ether oxygens (including phenoxy) is 3. The lowest BCUT2D eigenvalue weighted by Crippen LogP contribution is -2.42. The number of benzene rings is 1. The van der Waals surface area contributed by atoms with Gasteiger partial charge in [0.2, 0.25) is 0 Å². The monoisotopic (exact) mass is 506 g/mol. The molecule has 1 saturated heterocycles. The summed E-state index contributed by atoms with van der Waals surface area (Å²) in [5.74, 6) is 0.668. The highest BCUT2D eigenvalue weighted by Gasteiger charge is 2.28. The van der Waals surface area contributed by atoms with Gasteiger partial charge in [0.1, 0.15) is 22.4 Å². The lowest BCUT2D eigenvalue weighted by molar-refractivity contribution is 0.0185. The number of fused-ring (bicyclic) bond motifs is 2. The van der Waals surface area contributed by atoms with Gasteiger partial charge in [0, 0.05) is 50.5 Å². The van der Waals surface area contributed by atoms with Crippen LogP contribution in [-0.2, 0) is 16.5 Å². The van der Waals surface area contributed by atoms with Crippen LogP contribution in [0.3, 0.4) is 0 Å². The van der Waals surface area contributed by atoms with E-state index in [4.69, 9.17) is 24.3 Å². The summed E-state index contributed by atoms with van der Waals surface area (Å²) >= 11 is 0. The van der Waals surface area contributed by atoms with Crippen molar-refractivity contribution in [3.8, 4) is 17.0 Å². The van der Waals surface area contributed by atoms with Gasteiger partial charge in [-0.3, -0.25) is 9.36 Å². The number of pyridine rings is 1. The molecule has 10 heteroatoms. The standard InChI is InChI=1S/C27H34N6O4/c1-17-11-22(20-12-18-14-31(5)29-21(18)13-24(20)36-16-35-6)28-23-15-33(30-25(17)23)19-7-9-32(10-8-19)26(34)37-27(2,3)4/h11-15,19H,7-10,16H2,1-6H3. The maximum Gasteiger partial charge on any atom is 0.410 e. The smallest absolute Gasteiger partial charge is 0.410 e. The summed E-state index contributed by atoms with van der Waals surface area (Å²) in [4.78, 5) is 19.2. The molecule has 0 atom stereocenters. The van der Waals surface area contributed by atoms with Crippen molar-refractivity contribution in [2.45, 2.75) is 52.2 Å². The number of carbonyl (C=O) groups is 1. The van der Waals surface area contributed by atoms with E-state index in [1.54, 1.807) is 16.7 Å². The van der Waals surface area contributed by atoms with Crippen LogP contribution in [0.5, 0.6) is 5.75 Å². The van der Waals surface area contributed by atoms with E-state index in [0.29, 0.717) is 18.8 Å². The summed E-state index contributed by atoms with van der Waals surface area (Å²) in [6, 6.07) is 6.22. The number of amides is 1. The van der Waals surface area contributed by atoms with Crippen LogP contribution in [0.4, 0.5) is 4.79 Å². The Morgan fingerprint density at radius 2 is 1.84 bits per heavy atom. The van der Waals surface area contributed by atoms with Crippen molar-refractivity contribution >= 4 is 28.0 Å². The number of carbonyl (C=O) groups excluding carboxylic acids is 1. The van der Waals surface area contributed by atoms with Crippen molar-refractivity contribution in [1.29, 1.82) is 0 Å². The number of hydrogen-bond donors (Lipinski definition) is 0. The molecule has 1 amide bonds. The van der Waals surface area contributed by atoms with Gasteiger partial charge in [-0.15, -0.1) is 0 Å².